The number of fused-ring (bicyclic) bond motifs is 8. The molecule has 8 aromatic heterocycles. The molecule has 0 unspecified atom stereocenters. The predicted octanol–water partition coefficient (Wildman–Crippen LogP) is 4.99. The Morgan fingerprint density at radius 2 is 0.877 bits per heavy atom. The molecule has 620 valence electrons. The number of aliphatic hydroxyl groups is 6. The van der Waals surface area contributed by atoms with E-state index in [1.54, 1.807) is 31.1 Å². The maximum absolute atomic E-state index is 12.9. The zero-order chi connectivity index (χ0) is 81.4. The minimum Gasteiger partial charge on any atom is -0.481 e. The van der Waals surface area contributed by atoms with E-state index in [0.717, 1.165) is 52.3 Å². The van der Waals surface area contributed by atoms with E-state index in [2.05, 4.69) is 58.0 Å². The summed E-state index contributed by atoms with van der Waals surface area (Å²) in [5, 5.41) is 66.0. The van der Waals surface area contributed by atoms with Crippen molar-refractivity contribution in [1.82, 2.24) is 63.0 Å². The van der Waals surface area contributed by atoms with Crippen molar-refractivity contribution in [2.45, 2.75) is 209 Å². The molecule has 20 atom stereocenters. The van der Waals surface area contributed by atoms with Crippen LogP contribution in [0.1, 0.15) is 119 Å². The topological polar surface area (TPSA) is 517 Å². The molecule has 12 heterocycles. The Bertz CT molecular complexity index is 5110. The van der Waals surface area contributed by atoms with Gasteiger partial charge in [-0.1, -0.05) is 80.7 Å². The van der Waals surface area contributed by atoms with Gasteiger partial charge in [-0.2, -0.15) is 29.9 Å². The first-order valence-corrected chi connectivity index (χ1v) is 39.9. The number of hydrogen-bond acceptors (Lipinski definition) is 35. The second kappa shape index (κ2) is 35.2. The zero-order valence-corrected chi connectivity index (χ0v) is 72.3. The molecular weight excluding hydrogens is 1660 g/mol. The second-order valence-electron chi connectivity index (χ2n) is 30.4. The van der Waals surface area contributed by atoms with Crippen LogP contribution in [0.15, 0.2) is 61.9 Å². The third-order valence-electron chi connectivity index (χ3n) is 20.5. The van der Waals surface area contributed by atoms with Gasteiger partial charge in [0.05, 0.1) is 88.9 Å². The number of nitrogens with zero attached hydrogens (tertiary/aromatic N) is 14. The third-order valence-corrected chi connectivity index (χ3v) is 24.9. The van der Waals surface area contributed by atoms with Crippen molar-refractivity contribution in [3.63, 3.8) is 0 Å². The van der Waals surface area contributed by atoms with Crippen molar-refractivity contribution < 1.29 is 97.9 Å². The Kier molecular flexibility index (Phi) is 27.8. The van der Waals surface area contributed by atoms with Crippen molar-refractivity contribution in [1.29, 1.82) is 0 Å². The van der Waals surface area contributed by atoms with Crippen molar-refractivity contribution >= 4 is 146 Å². The van der Waals surface area contributed by atoms with Crippen molar-refractivity contribution in [3.8, 4) is 0 Å². The Morgan fingerprint density at radius 3 is 1.32 bits per heavy atom. The number of carboxylic acid groups (broad SMARTS) is 1. The molecule has 114 heavy (non-hydrogen) atoms. The molecule has 37 nitrogen and oxygen atoms in total. The molecule has 9 fully saturated rings. The van der Waals surface area contributed by atoms with Crippen LogP contribution in [0, 0.1) is 37.0 Å². The predicted molar refractivity (Wildman–Crippen MR) is 423 cm³/mol. The summed E-state index contributed by atoms with van der Waals surface area (Å²) in [5.41, 5.74) is 18.6. The molecule has 0 radical (unpaired) electrons. The molecule has 0 spiro atoms. The number of nitrogen functional groups attached to an aromatic ring is 3. The first-order valence-electron chi connectivity index (χ1n) is 35.8. The van der Waals surface area contributed by atoms with E-state index in [0.29, 0.717) is 73.5 Å². The summed E-state index contributed by atoms with van der Waals surface area (Å²) in [6.07, 6.45) is 6.81. The largest absolute Gasteiger partial charge is 0.481 e. The minimum absolute atomic E-state index is 0. The van der Waals surface area contributed by atoms with Crippen LogP contribution in [0.4, 0.5) is 23.8 Å². The average molecular weight is 1760 g/mol. The van der Waals surface area contributed by atoms with Gasteiger partial charge in [-0.3, -0.25) is 42.2 Å². The number of halogens is 2. The molecule has 8 aromatic rings. The summed E-state index contributed by atoms with van der Waals surface area (Å²) in [4.78, 5) is 97.1. The fourth-order valence-corrected chi connectivity index (χ4v) is 20.1. The van der Waals surface area contributed by atoms with Gasteiger partial charge in [0.1, 0.15) is 39.9 Å². The zero-order valence-electron chi connectivity index (χ0n) is 64.5. The first-order chi connectivity index (χ1) is 52.7. The molecule has 13 N–H and O–H groups in total. The maximum Gasteiger partial charge on any atom is 0.309 e. The standard InChI is InChI=1S/C18H22ClN5O3S.C14H17ClN4O4S.C14H18N4O4S.C11H14N4O4S.C10H16O3.C2H4O2.CH3.Zn/c1-6-9-7-10(12-11(9)26-18(2,3)27-12)24-15-13(28-17(24)25)14(19)21-16(22-15)20-8-23(4)5;1-14(2)22-7-5(4-20)3-6(8(7)23-14)19-11-9(24-13(19)21)10(15)17-12(16)18-11;1-14(2)21-9-6(5-19)3-7(10(9)22-14)18-11-8(23-13(18)20)4-16-12(15)17-11;12-10-13-2-6-9(14-10)15(11(19)20-6)5-1-4(3-16)7(17)8(5)18;1-4-6-5-7(11)9-8(6)12-10(2,3)13-9;1-2(3)4;;/h6,8-12H,1,7H2,2-5H3;5-8,20H,3-4H2,1-2H3,(H2,16,17,18);4,6-7,9-10,19H,3,5H2,1-2H3,(H2,15,16,17);2,4-5,7-8,16-18H,1,3H2,(H2,12,13,14);4,6-9,11H,1,5H2,2-3H3;1H3,(H,3,4);1H3;/q;;;;;;-1;/t9-,10+,11+,12-;5-,6-,7-,8+;6-,7-,9-,10+;4-,5-,7-,8+;6-,7-,8+,9-;;;/m01110.../s1. The number of aliphatic hydroxyl groups excluding tert-OH is 6. The van der Waals surface area contributed by atoms with Crippen LogP contribution in [0.3, 0.4) is 0 Å². The van der Waals surface area contributed by atoms with Gasteiger partial charge in [0.2, 0.25) is 17.8 Å². The van der Waals surface area contributed by atoms with Crippen LogP contribution in [0.2, 0.25) is 10.3 Å². The number of carboxylic acids is 1. The molecule has 17 rings (SSSR count). The van der Waals surface area contributed by atoms with Gasteiger partial charge in [0.15, 0.2) is 56.0 Å². The summed E-state index contributed by atoms with van der Waals surface area (Å²) in [5.74, 6) is -3.56. The summed E-state index contributed by atoms with van der Waals surface area (Å²) in [7, 11) is 3.69. The monoisotopic (exact) mass is 1750 g/mol. The SMILES string of the molecule is C=C[C@H]1C[C@@H](n2c(=O)sc3c(Cl)nc(N=CN(C)C)nc32)[C@@H]2OC(C)(C)O[C@@H]21.C=C[C@H]1C[C@H](O)[C@@H]2OC(C)(C)O[C@@H]21.CC(=O)O.CC1(C)O[C@@H]2[C@@H](CO)C[C@@H](n3c(=O)sc4c(Cl)nc(N)nc43)[C@@H]2O1.CC1(C)O[C@@H]2[C@@H](CO)C[C@@H](n3c(=O)sc4cnc(N)nc43)[C@@H]2O1.Nc1ncc2sc(=O)n([C@@H]3C[C@H](CO)[C@@H](O)[C@H]3O)c2n1.[CH3-].[Zn]. The van der Waals surface area contributed by atoms with Crippen LogP contribution in [-0.4, -0.2) is 235 Å². The van der Waals surface area contributed by atoms with E-state index >= 15 is 0 Å². The van der Waals surface area contributed by atoms with Gasteiger partial charge < -0.3 is 103 Å². The number of hydrogen-bond donors (Lipinski definition) is 10. The molecule has 0 bridgehead atoms. The number of carbonyl (C=O) groups is 1. The van der Waals surface area contributed by atoms with Crippen molar-refractivity contribution in [2.75, 3.05) is 51.1 Å². The molecule has 4 aliphatic heterocycles. The summed E-state index contributed by atoms with van der Waals surface area (Å²) < 4.78 is 55.9. The fraction of sp³-hybridized carbons (Fsp3) is 0.614. The van der Waals surface area contributed by atoms with E-state index in [4.69, 9.17) is 88.2 Å². The fourth-order valence-electron chi connectivity index (χ4n) is 16.1. The Balaban J connectivity index is 0.000000151. The van der Waals surface area contributed by atoms with Gasteiger partial charge in [-0.15, -0.1) is 13.2 Å². The summed E-state index contributed by atoms with van der Waals surface area (Å²) in [6.45, 7) is 23.3. The molecule has 5 aliphatic carbocycles. The summed E-state index contributed by atoms with van der Waals surface area (Å²) in [6, 6.07) is -1.40. The van der Waals surface area contributed by atoms with E-state index < -0.39 is 59.4 Å². The van der Waals surface area contributed by atoms with Crippen molar-refractivity contribution in [3.05, 3.63) is 94.1 Å². The van der Waals surface area contributed by atoms with Crippen LogP contribution >= 0.6 is 68.5 Å². The quantitative estimate of drug-likeness (QED) is 0.0204. The Labute approximate surface area is 691 Å². The van der Waals surface area contributed by atoms with Crippen LogP contribution < -0.4 is 36.7 Å². The molecule has 9 aliphatic rings. The van der Waals surface area contributed by atoms with Gasteiger partial charge in [-0.25, -0.2) is 15.0 Å². The first kappa shape index (κ1) is 89.9. The van der Waals surface area contributed by atoms with Gasteiger partial charge in [-0.05, 0) is 87.5 Å². The van der Waals surface area contributed by atoms with E-state index in [9.17, 15) is 49.8 Å². The Hall–Kier alpha value is -6.46. The number of rotatable bonds is 11. The molecule has 0 amide bonds. The normalized spacial score (nSPS) is 31.3. The van der Waals surface area contributed by atoms with E-state index in [-0.39, 0.29) is 191 Å². The molecule has 4 saturated heterocycles. The van der Waals surface area contributed by atoms with Crippen LogP contribution in [0.25, 0.3) is 41.4 Å². The molecular formula is C70H94Cl2N17O20S4Zn-. The molecule has 5 saturated carbocycles. The number of thiazole rings is 4. The molecule has 0 aromatic carbocycles. The van der Waals surface area contributed by atoms with Crippen LogP contribution in [-0.2, 0) is 62.2 Å². The average Bonchev–Trinajstić information content (AvgIpc) is 1.59. The Morgan fingerprint density at radius 1 is 0.526 bits per heavy atom. The third kappa shape index (κ3) is 18.4. The number of aliphatic imine (C=N–C) groups is 1. The van der Waals surface area contributed by atoms with E-state index in [1.165, 1.54) is 10.8 Å². The number of nitrogens with two attached hydrogens (primary N) is 3. The number of aromatic nitrogens is 12. The number of anilines is 3. The van der Waals surface area contributed by atoms with Crippen molar-refractivity contribution in [2.24, 2.45) is 34.6 Å². The number of aliphatic carboxylic acids is 1. The number of ether oxygens (including phenoxy) is 8. The van der Waals surface area contributed by atoms with Gasteiger partial charge in [0, 0.05) is 89.9 Å². The second-order valence-corrected chi connectivity index (χ2v) is 35.0. The molecule has 44 heteroatoms. The van der Waals surface area contributed by atoms with Gasteiger partial charge in [0.25, 0.3) is 11.9 Å². The van der Waals surface area contributed by atoms with Gasteiger partial charge >= 0.3 is 19.5 Å². The maximum atomic E-state index is 12.9. The van der Waals surface area contributed by atoms with E-state index in [1.807, 2.05) is 81.6 Å². The van der Waals surface area contributed by atoms with Crippen LogP contribution in [0.5, 0.6) is 0 Å². The smallest absolute Gasteiger partial charge is 0.309 e. The summed E-state index contributed by atoms with van der Waals surface area (Å²) >= 11 is 16.5. The minimum atomic E-state index is -1.13.